The number of amides is 1. The number of fused-ring (bicyclic) bond motifs is 1. The van der Waals surface area contributed by atoms with E-state index < -0.39 is 6.09 Å². The zero-order valence-corrected chi connectivity index (χ0v) is 13.0. The molecule has 0 aliphatic carbocycles. The van der Waals surface area contributed by atoms with E-state index in [0.717, 1.165) is 30.0 Å². The van der Waals surface area contributed by atoms with Crippen molar-refractivity contribution in [3.8, 4) is 5.75 Å². The number of ether oxygens (including phenoxy) is 2. The summed E-state index contributed by atoms with van der Waals surface area (Å²) < 4.78 is 10.4. The summed E-state index contributed by atoms with van der Waals surface area (Å²) in [6.45, 7) is 1.21. The quantitative estimate of drug-likeness (QED) is 0.891. The van der Waals surface area contributed by atoms with Crippen LogP contribution in [0.5, 0.6) is 5.75 Å². The predicted octanol–water partition coefficient (Wildman–Crippen LogP) is 2.96. The van der Waals surface area contributed by atoms with Crippen LogP contribution in [0.4, 0.5) is 10.5 Å². The number of carbonyl (C=O) groups excluding carboxylic acids is 1. The van der Waals surface area contributed by atoms with E-state index in [4.69, 9.17) is 4.74 Å². The minimum absolute atomic E-state index is 0.160. The van der Waals surface area contributed by atoms with Gasteiger partial charge in [0.1, 0.15) is 11.9 Å². The lowest BCUT2D eigenvalue weighted by Crippen LogP contribution is -2.24. The number of hydrogen-bond donors (Lipinski definition) is 2. The summed E-state index contributed by atoms with van der Waals surface area (Å²) in [4.78, 5) is 11.0. The number of hydrogen-bond acceptors (Lipinski definition) is 4. The second kappa shape index (κ2) is 7.05. The van der Waals surface area contributed by atoms with Crippen molar-refractivity contribution in [1.82, 2.24) is 5.32 Å². The van der Waals surface area contributed by atoms with Crippen molar-refractivity contribution in [2.75, 3.05) is 19.0 Å². The molecule has 23 heavy (non-hydrogen) atoms. The normalized spacial score (nSPS) is 15.4. The van der Waals surface area contributed by atoms with Crippen molar-refractivity contribution in [1.29, 1.82) is 0 Å². The fourth-order valence-electron chi connectivity index (χ4n) is 2.59. The molecule has 0 unspecified atom stereocenters. The van der Waals surface area contributed by atoms with Gasteiger partial charge < -0.3 is 20.1 Å². The maximum absolute atomic E-state index is 11.0. The molecule has 1 aliphatic heterocycles. The number of methoxy groups -OCH3 is 1. The van der Waals surface area contributed by atoms with Crippen molar-refractivity contribution in [2.24, 2.45) is 0 Å². The Kier molecular flexibility index (Phi) is 4.66. The summed E-state index contributed by atoms with van der Waals surface area (Å²) in [7, 11) is 1.35. The molecule has 1 heterocycles. The summed E-state index contributed by atoms with van der Waals surface area (Å²) in [5.41, 5.74) is 3.32. The summed E-state index contributed by atoms with van der Waals surface area (Å²) in [6.07, 6.45) is 0.669. The molecule has 2 aromatic rings. The lowest BCUT2D eigenvalue weighted by molar-refractivity contribution is 0.170. The van der Waals surface area contributed by atoms with E-state index in [0.29, 0.717) is 6.54 Å². The summed E-state index contributed by atoms with van der Waals surface area (Å²) in [5, 5.41) is 6.04. The largest absolute Gasteiger partial charge is 0.488 e. The first-order chi connectivity index (χ1) is 11.2. The van der Waals surface area contributed by atoms with Crippen LogP contribution in [0.1, 0.15) is 11.1 Å². The SMILES string of the molecule is COC(=O)NCc1ccc(NC[C@@H]2Cc3ccccc3O2)cc1. The average molecular weight is 312 g/mol. The highest BCUT2D eigenvalue weighted by Gasteiger charge is 2.21. The number of nitrogens with one attached hydrogen (secondary N) is 2. The second-order valence-corrected chi connectivity index (χ2v) is 5.47. The van der Waals surface area contributed by atoms with Gasteiger partial charge in [-0.2, -0.15) is 0 Å². The van der Waals surface area contributed by atoms with E-state index in [1.165, 1.54) is 12.7 Å². The van der Waals surface area contributed by atoms with Crippen LogP contribution >= 0.6 is 0 Å². The first kappa shape index (κ1) is 15.2. The van der Waals surface area contributed by atoms with Gasteiger partial charge in [-0.25, -0.2) is 4.79 Å². The minimum atomic E-state index is -0.426. The molecule has 0 saturated carbocycles. The molecule has 5 heteroatoms. The van der Waals surface area contributed by atoms with Gasteiger partial charge in [0.05, 0.1) is 13.7 Å². The van der Waals surface area contributed by atoms with Gasteiger partial charge in [-0.3, -0.25) is 0 Å². The van der Waals surface area contributed by atoms with E-state index in [9.17, 15) is 4.79 Å². The van der Waals surface area contributed by atoms with Crippen molar-refractivity contribution in [3.63, 3.8) is 0 Å². The summed E-state index contributed by atoms with van der Waals surface area (Å²) >= 11 is 0. The molecule has 2 aromatic carbocycles. The highest BCUT2D eigenvalue weighted by molar-refractivity contribution is 5.66. The Morgan fingerprint density at radius 1 is 1.22 bits per heavy atom. The smallest absolute Gasteiger partial charge is 0.407 e. The molecule has 0 aromatic heterocycles. The Hall–Kier alpha value is -2.69. The van der Waals surface area contributed by atoms with Gasteiger partial charge in [-0.05, 0) is 29.3 Å². The third-order valence-electron chi connectivity index (χ3n) is 3.82. The second-order valence-electron chi connectivity index (χ2n) is 5.47. The highest BCUT2D eigenvalue weighted by atomic mass is 16.5. The van der Waals surface area contributed by atoms with Gasteiger partial charge in [0, 0.05) is 18.7 Å². The van der Waals surface area contributed by atoms with Crippen molar-refractivity contribution in [3.05, 3.63) is 59.7 Å². The number of alkyl carbamates (subject to hydrolysis) is 1. The van der Waals surface area contributed by atoms with Crippen LogP contribution in [0.2, 0.25) is 0 Å². The Morgan fingerprint density at radius 2 is 2.00 bits per heavy atom. The molecule has 5 nitrogen and oxygen atoms in total. The molecule has 2 N–H and O–H groups in total. The van der Waals surface area contributed by atoms with Gasteiger partial charge in [0.2, 0.25) is 0 Å². The molecule has 1 atom stereocenters. The highest BCUT2D eigenvalue weighted by Crippen LogP contribution is 2.28. The third kappa shape index (κ3) is 3.94. The van der Waals surface area contributed by atoms with Crippen LogP contribution in [0.25, 0.3) is 0 Å². The van der Waals surface area contributed by atoms with Crippen molar-refractivity contribution < 1.29 is 14.3 Å². The molecular weight excluding hydrogens is 292 g/mol. The summed E-state index contributed by atoms with van der Waals surface area (Å²) in [5.74, 6) is 0.989. The lowest BCUT2D eigenvalue weighted by Gasteiger charge is -2.13. The van der Waals surface area contributed by atoms with Crippen LogP contribution in [-0.2, 0) is 17.7 Å². The van der Waals surface area contributed by atoms with Gasteiger partial charge in [0.25, 0.3) is 0 Å². The Labute approximate surface area is 135 Å². The molecule has 120 valence electrons. The van der Waals surface area contributed by atoms with Gasteiger partial charge in [-0.15, -0.1) is 0 Å². The fourth-order valence-corrected chi connectivity index (χ4v) is 2.59. The minimum Gasteiger partial charge on any atom is -0.488 e. The molecule has 0 bridgehead atoms. The molecule has 0 fully saturated rings. The zero-order chi connectivity index (χ0) is 16.1. The van der Waals surface area contributed by atoms with Gasteiger partial charge in [-0.1, -0.05) is 30.3 Å². The number of para-hydroxylation sites is 1. The maximum Gasteiger partial charge on any atom is 0.407 e. The fraction of sp³-hybridized carbons (Fsp3) is 0.278. The average Bonchev–Trinajstić information content (AvgIpc) is 3.01. The van der Waals surface area contributed by atoms with Crippen LogP contribution in [0, 0.1) is 0 Å². The molecule has 3 rings (SSSR count). The number of carbonyl (C=O) groups is 1. The maximum atomic E-state index is 11.0. The van der Waals surface area contributed by atoms with Crippen molar-refractivity contribution >= 4 is 11.8 Å². The lowest BCUT2D eigenvalue weighted by atomic mass is 10.1. The predicted molar refractivity (Wildman–Crippen MR) is 88.7 cm³/mol. The van der Waals surface area contributed by atoms with E-state index in [1.54, 1.807) is 0 Å². The van der Waals surface area contributed by atoms with Crippen LogP contribution < -0.4 is 15.4 Å². The Balaban J connectivity index is 1.47. The molecule has 0 radical (unpaired) electrons. The zero-order valence-electron chi connectivity index (χ0n) is 13.0. The molecule has 0 spiro atoms. The van der Waals surface area contributed by atoms with Gasteiger partial charge >= 0.3 is 6.09 Å². The molecular formula is C18H20N2O3. The summed E-state index contributed by atoms with van der Waals surface area (Å²) in [6, 6.07) is 16.1. The number of rotatable bonds is 5. The number of anilines is 1. The number of benzene rings is 2. The first-order valence-electron chi connectivity index (χ1n) is 7.64. The van der Waals surface area contributed by atoms with E-state index >= 15 is 0 Å². The molecule has 1 aliphatic rings. The Morgan fingerprint density at radius 3 is 2.74 bits per heavy atom. The first-order valence-corrected chi connectivity index (χ1v) is 7.64. The van der Waals surface area contributed by atoms with Gasteiger partial charge in [0.15, 0.2) is 0 Å². The monoisotopic (exact) mass is 312 g/mol. The van der Waals surface area contributed by atoms with E-state index in [-0.39, 0.29) is 6.10 Å². The topological polar surface area (TPSA) is 59.6 Å². The molecule has 1 amide bonds. The van der Waals surface area contributed by atoms with E-state index in [2.05, 4.69) is 21.4 Å². The van der Waals surface area contributed by atoms with Crippen molar-refractivity contribution in [2.45, 2.75) is 19.1 Å². The standard InChI is InChI=1S/C18H20N2O3/c1-22-18(21)20-11-13-6-8-15(9-7-13)19-12-16-10-14-4-2-3-5-17(14)23-16/h2-9,16,19H,10-12H2,1H3,(H,20,21)/t16-/m0/s1. The van der Waals surface area contributed by atoms with Crippen LogP contribution in [-0.4, -0.2) is 25.9 Å². The van der Waals surface area contributed by atoms with Crippen LogP contribution in [0.15, 0.2) is 48.5 Å². The van der Waals surface area contributed by atoms with Crippen LogP contribution in [0.3, 0.4) is 0 Å². The molecule has 0 saturated heterocycles. The third-order valence-corrected chi connectivity index (χ3v) is 3.82. The Bertz CT molecular complexity index is 645. The van der Waals surface area contributed by atoms with E-state index in [1.807, 2.05) is 42.5 Å².